The lowest BCUT2D eigenvalue weighted by molar-refractivity contribution is -0.150. The number of nitrogens with one attached hydrogen (secondary N) is 1. The number of amides is 1. The number of hydrogen-bond donors (Lipinski definition) is 2. The number of benzene rings is 1. The van der Waals surface area contributed by atoms with Gasteiger partial charge in [-0.1, -0.05) is 23.2 Å². The smallest absolute Gasteiger partial charge is 0.332 e. The maximum atomic E-state index is 11.9. The van der Waals surface area contributed by atoms with Crippen LogP contribution in [0.1, 0.15) is 12.8 Å². The number of rotatable bonds is 3. The van der Waals surface area contributed by atoms with Crippen molar-refractivity contribution in [3.05, 3.63) is 28.2 Å². The SMILES string of the molecule is O=C(Nc1cc(Cl)cc(Cl)c1)[C@@H]1CC[C@H](C(=O)O)O1. The fourth-order valence-electron chi connectivity index (χ4n) is 1.86. The van der Waals surface area contributed by atoms with Gasteiger partial charge in [0.15, 0.2) is 6.10 Å². The first-order valence-corrected chi connectivity index (χ1v) is 6.36. The van der Waals surface area contributed by atoms with Crippen molar-refractivity contribution in [2.75, 3.05) is 5.32 Å². The Morgan fingerprint density at radius 2 is 1.74 bits per heavy atom. The van der Waals surface area contributed by atoms with E-state index in [4.69, 9.17) is 33.0 Å². The molecule has 0 radical (unpaired) electrons. The van der Waals surface area contributed by atoms with Crippen LogP contribution in [-0.4, -0.2) is 29.2 Å². The average molecular weight is 304 g/mol. The summed E-state index contributed by atoms with van der Waals surface area (Å²) in [5, 5.41) is 12.2. The van der Waals surface area contributed by atoms with Gasteiger partial charge >= 0.3 is 5.97 Å². The molecule has 1 fully saturated rings. The summed E-state index contributed by atoms with van der Waals surface area (Å²) >= 11 is 11.6. The second-order valence-corrected chi connectivity index (χ2v) is 5.05. The van der Waals surface area contributed by atoms with Gasteiger partial charge in [0, 0.05) is 15.7 Å². The van der Waals surface area contributed by atoms with Crippen molar-refractivity contribution in [1.82, 2.24) is 0 Å². The van der Waals surface area contributed by atoms with Gasteiger partial charge in [-0.15, -0.1) is 0 Å². The van der Waals surface area contributed by atoms with Crippen LogP contribution in [0.4, 0.5) is 5.69 Å². The molecule has 1 saturated heterocycles. The molecule has 102 valence electrons. The Morgan fingerprint density at radius 1 is 1.16 bits per heavy atom. The number of aliphatic carboxylic acids is 1. The molecule has 1 aromatic carbocycles. The van der Waals surface area contributed by atoms with Crippen LogP contribution in [-0.2, 0) is 14.3 Å². The molecule has 1 amide bonds. The Bertz CT molecular complexity index is 500. The number of anilines is 1. The summed E-state index contributed by atoms with van der Waals surface area (Å²) in [7, 11) is 0. The summed E-state index contributed by atoms with van der Waals surface area (Å²) in [5.41, 5.74) is 0.449. The number of carbonyl (C=O) groups excluding carboxylic acids is 1. The van der Waals surface area contributed by atoms with Crippen LogP contribution in [0.25, 0.3) is 0 Å². The van der Waals surface area contributed by atoms with Crippen LogP contribution in [0.5, 0.6) is 0 Å². The molecule has 0 aromatic heterocycles. The van der Waals surface area contributed by atoms with E-state index in [0.29, 0.717) is 28.6 Å². The maximum absolute atomic E-state index is 11.9. The normalized spacial score (nSPS) is 22.2. The molecule has 0 unspecified atom stereocenters. The van der Waals surface area contributed by atoms with E-state index in [1.54, 1.807) is 18.2 Å². The zero-order valence-electron chi connectivity index (χ0n) is 9.73. The van der Waals surface area contributed by atoms with Gasteiger partial charge in [-0.2, -0.15) is 0 Å². The lowest BCUT2D eigenvalue weighted by Gasteiger charge is -2.12. The third-order valence-electron chi connectivity index (χ3n) is 2.72. The minimum atomic E-state index is -1.05. The van der Waals surface area contributed by atoms with Gasteiger partial charge < -0.3 is 15.2 Å². The molecule has 1 heterocycles. The first kappa shape index (κ1) is 14.1. The highest BCUT2D eigenvalue weighted by Crippen LogP contribution is 2.25. The van der Waals surface area contributed by atoms with Crippen molar-refractivity contribution >= 4 is 40.8 Å². The van der Waals surface area contributed by atoms with Crippen molar-refractivity contribution in [1.29, 1.82) is 0 Å². The van der Waals surface area contributed by atoms with Gasteiger partial charge in [0.05, 0.1) is 0 Å². The number of carboxylic acids is 1. The molecule has 0 bridgehead atoms. The molecular weight excluding hydrogens is 293 g/mol. The highest BCUT2D eigenvalue weighted by molar-refractivity contribution is 6.35. The van der Waals surface area contributed by atoms with E-state index in [9.17, 15) is 9.59 Å². The van der Waals surface area contributed by atoms with Crippen LogP contribution >= 0.6 is 23.2 Å². The average Bonchev–Trinajstić information content (AvgIpc) is 2.76. The number of hydrogen-bond acceptors (Lipinski definition) is 3. The summed E-state index contributed by atoms with van der Waals surface area (Å²) in [5.74, 6) is -1.46. The van der Waals surface area contributed by atoms with E-state index in [0.717, 1.165) is 0 Å². The van der Waals surface area contributed by atoms with Gasteiger partial charge in [0.25, 0.3) is 5.91 Å². The summed E-state index contributed by atoms with van der Waals surface area (Å²) < 4.78 is 5.14. The molecule has 7 heteroatoms. The van der Waals surface area contributed by atoms with E-state index in [2.05, 4.69) is 5.32 Å². The fourth-order valence-corrected chi connectivity index (χ4v) is 2.39. The van der Waals surface area contributed by atoms with Crippen molar-refractivity contribution in [3.63, 3.8) is 0 Å². The number of carbonyl (C=O) groups is 2. The largest absolute Gasteiger partial charge is 0.479 e. The van der Waals surface area contributed by atoms with Gasteiger partial charge in [-0.3, -0.25) is 4.79 Å². The molecule has 0 spiro atoms. The van der Waals surface area contributed by atoms with Crippen molar-refractivity contribution in [2.45, 2.75) is 25.0 Å². The van der Waals surface area contributed by atoms with Gasteiger partial charge in [0.1, 0.15) is 6.10 Å². The molecule has 19 heavy (non-hydrogen) atoms. The molecular formula is C12H11Cl2NO4. The third kappa shape index (κ3) is 3.59. The fraction of sp³-hybridized carbons (Fsp3) is 0.333. The first-order valence-electron chi connectivity index (χ1n) is 5.61. The molecule has 2 N–H and O–H groups in total. The monoisotopic (exact) mass is 303 g/mol. The molecule has 0 aliphatic carbocycles. The van der Waals surface area contributed by atoms with Crippen molar-refractivity contribution in [2.24, 2.45) is 0 Å². The van der Waals surface area contributed by atoms with Crippen LogP contribution in [0.2, 0.25) is 10.0 Å². The topological polar surface area (TPSA) is 75.6 Å². The molecule has 1 aliphatic rings. The maximum Gasteiger partial charge on any atom is 0.332 e. The number of halogens is 2. The first-order chi connectivity index (χ1) is 8.95. The Labute approximate surface area is 119 Å². The third-order valence-corrected chi connectivity index (χ3v) is 3.15. The summed E-state index contributed by atoms with van der Waals surface area (Å²) in [6.07, 6.45) is -0.988. The summed E-state index contributed by atoms with van der Waals surface area (Å²) in [6, 6.07) is 4.65. The number of ether oxygens (including phenoxy) is 1. The highest BCUT2D eigenvalue weighted by Gasteiger charge is 2.34. The molecule has 1 aliphatic heterocycles. The van der Waals surface area contributed by atoms with Crippen LogP contribution in [0.3, 0.4) is 0 Å². The predicted molar refractivity (Wildman–Crippen MR) is 70.6 cm³/mol. The van der Waals surface area contributed by atoms with Crippen LogP contribution < -0.4 is 5.32 Å². The zero-order valence-corrected chi connectivity index (χ0v) is 11.2. The second kappa shape index (κ2) is 5.77. The standard InChI is InChI=1S/C12H11Cl2NO4/c13-6-3-7(14)5-8(4-6)15-11(16)9-1-2-10(19-9)12(17)18/h3-5,9-10H,1-2H2,(H,15,16)(H,17,18)/t9-,10+/m0/s1. The van der Waals surface area contributed by atoms with Gasteiger partial charge in [0.2, 0.25) is 0 Å². The summed E-state index contributed by atoms with van der Waals surface area (Å²) in [4.78, 5) is 22.6. The van der Waals surface area contributed by atoms with E-state index in [1.165, 1.54) is 0 Å². The predicted octanol–water partition coefficient (Wildman–Crippen LogP) is 2.56. The highest BCUT2D eigenvalue weighted by atomic mass is 35.5. The van der Waals surface area contributed by atoms with E-state index < -0.39 is 24.1 Å². The van der Waals surface area contributed by atoms with Gasteiger partial charge in [-0.25, -0.2) is 4.79 Å². The Hall–Kier alpha value is -1.30. The molecule has 0 saturated carbocycles. The quantitative estimate of drug-likeness (QED) is 0.900. The lowest BCUT2D eigenvalue weighted by atomic mass is 10.2. The van der Waals surface area contributed by atoms with Crippen LogP contribution in [0.15, 0.2) is 18.2 Å². The van der Waals surface area contributed by atoms with Crippen molar-refractivity contribution in [3.8, 4) is 0 Å². The minimum Gasteiger partial charge on any atom is -0.479 e. The molecule has 2 atom stereocenters. The molecule has 5 nitrogen and oxygen atoms in total. The molecule has 1 aromatic rings. The summed E-state index contributed by atoms with van der Waals surface area (Å²) in [6.45, 7) is 0. The lowest BCUT2D eigenvalue weighted by Crippen LogP contribution is -2.29. The minimum absolute atomic E-state index is 0.323. The molecule has 2 rings (SSSR count). The Morgan fingerprint density at radius 3 is 2.26 bits per heavy atom. The number of carboxylic acid groups (broad SMARTS) is 1. The van der Waals surface area contributed by atoms with E-state index >= 15 is 0 Å². The van der Waals surface area contributed by atoms with Gasteiger partial charge in [-0.05, 0) is 31.0 Å². The van der Waals surface area contributed by atoms with E-state index in [-0.39, 0.29) is 0 Å². The Balaban J connectivity index is 2.00. The zero-order chi connectivity index (χ0) is 14.0. The van der Waals surface area contributed by atoms with Crippen molar-refractivity contribution < 1.29 is 19.4 Å². The second-order valence-electron chi connectivity index (χ2n) is 4.18. The van der Waals surface area contributed by atoms with Crippen LogP contribution in [0, 0.1) is 0 Å². The Kier molecular flexibility index (Phi) is 4.29. The van der Waals surface area contributed by atoms with E-state index in [1.807, 2.05) is 0 Å².